The van der Waals surface area contributed by atoms with Crippen molar-refractivity contribution in [2.75, 3.05) is 37.4 Å². The lowest BCUT2D eigenvalue weighted by Crippen LogP contribution is -2.35. The number of benzene rings is 1. The van der Waals surface area contributed by atoms with E-state index in [4.69, 9.17) is 9.47 Å². The molecule has 1 fully saturated rings. The number of amides is 1. The van der Waals surface area contributed by atoms with Crippen LogP contribution in [0, 0.1) is 24.6 Å². The van der Waals surface area contributed by atoms with Crippen LogP contribution in [0.15, 0.2) is 18.2 Å². The highest BCUT2D eigenvalue weighted by molar-refractivity contribution is 5.80. The molecule has 8 nitrogen and oxygen atoms in total. The Bertz CT molecular complexity index is 1210. The molecule has 2 N–H and O–H groups in total. The predicted octanol–water partition coefficient (Wildman–Crippen LogP) is 4.91. The normalized spacial score (nSPS) is 20.7. The molecule has 0 radical (unpaired) electrons. The van der Waals surface area contributed by atoms with E-state index in [-0.39, 0.29) is 23.7 Å². The van der Waals surface area contributed by atoms with Crippen molar-refractivity contribution in [3.63, 3.8) is 0 Å². The molecule has 0 saturated carbocycles. The second kappa shape index (κ2) is 8.70. The smallest absolute Gasteiger partial charge is 0.410 e. The summed E-state index contributed by atoms with van der Waals surface area (Å²) in [4.78, 5) is 23.1. The number of rotatable bonds is 4. The Hall–Kier alpha value is -3.36. The summed E-state index contributed by atoms with van der Waals surface area (Å²) in [6.07, 6.45) is 3.23. The van der Waals surface area contributed by atoms with Crippen LogP contribution in [0.3, 0.4) is 0 Å². The second-order valence-corrected chi connectivity index (χ2v) is 10.5. The summed E-state index contributed by atoms with van der Waals surface area (Å²) in [6, 6.07) is 3.62. The molecule has 3 heterocycles. The number of nitrogens with zero attached hydrogens (tertiary/aromatic N) is 3. The van der Waals surface area contributed by atoms with Gasteiger partial charge in [-0.05, 0) is 57.6 Å². The van der Waals surface area contributed by atoms with Gasteiger partial charge in [-0.2, -0.15) is 4.98 Å². The number of ether oxygens (including phenoxy) is 2. The van der Waals surface area contributed by atoms with E-state index in [2.05, 4.69) is 26.7 Å². The summed E-state index contributed by atoms with van der Waals surface area (Å²) < 4.78 is 27.4. The molecule has 3 aliphatic rings. The SMILES string of the molecule is CNc1cc(C)nc(Nc2cc3c(c(C4=CC5CN(C(=O)OC(C)(C)C)CC5C4)c2F)OCC3)n1. The maximum atomic E-state index is 16.0. The van der Waals surface area contributed by atoms with E-state index < -0.39 is 5.60 Å². The van der Waals surface area contributed by atoms with Crippen molar-refractivity contribution in [2.45, 2.75) is 46.1 Å². The third-order valence-corrected chi connectivity index (χ3v) is 6.63. The van der Waals surface area contributed by atoms with Crippen molar-refractivity contribution in [3.05, 3.63) is 40.8 Å². The number of likely N-dealkylation sites (tertiary alicyclic amines) is 1. The van der Waals surface area contributed by atoms with E-state index >= 15 is 4.39 Å². The topological polar surface area (TPSA) is 88.6 Å². The largest absolute Gasteiger partial charge is 0.492 e. The average Bonchev–Trinajstić information content (AvgIpc) is 3.47. The molecule has 9 heteroatoms. The fraction of sp³-hybridized carbons (Fsp3) is 0.500. The van der Waals surface area contributed by atoms with Crippen LogP contribution in [-0.4, -0.2) is 53.3 Å². The number of carbonyl (C=O) groups is 1. The van der Waals surface area contributed by atoms with Gasteiger partial charge in [-0.1, -0.05) is 6.08 Å². The van der Waals surface area contributed by atoms with Gasteiger partial charge in [-0.15, -0.1) is 0 Å². The molecule has 1 aromatic heterocycles. The molecule has 2 unspecified atom stereocenters. The van der Waals surface area contributed by atoms with Crippen LogP contribution in [-0.2, 0) is 11.2 Å². The zero-order chi connectivity index (χ0) is 24.9. The van der Waals surface area contributed by atoms with Crippen molar-refractivity contribution in [3.8, 4) is 5.75 Å². The number of nitrogens with one attached hydrogen (secondary N) is 2. The van der Waals surface area contributed by atoms with Crippen molar-refractivity contribution in [1.29, 1.82) is 0 Å². The van der Waals surface area contributed by atoms with Gasteiger partial charge >= 0.3 is 6.09 Å². The number of hydrogen-bond donors (Lipinski definition) is 2. The van der Waals surface area contributed by atoms with Crippen molar-refractivity contribution in [2.24, 2.45) is 11.8 Å². The molecule has 2 aliphatic heterocycles. The molecular formula is C26H32FN5O3. The Morgan fingerprint density at radius 2 is 2.06 bits per heavy atom. The number of aromatic nitrogens is 2. The third-order valence-electron chi connectivity index (χ3n) is 6.63. The van der Waals surface area contributed by atoms with Crippen LogP contribution < -0.4 is 15.4 Å². The molecule has 5 rings (SSSR count). The first-order chi connectivity index (χ1) is 16.6. The summed E-state index contributed by atoms with van der Waals surface area (Å²) in [6.45, 7) is 9.18. The molecular weight excluding hydrogens is 449 g/mol. The van der Waals surface area contributed by atoms with Gasteiger partial charge < -0.3 is 25.0 Å². The molecule has 186 valence electrons. The highest BCUT2D eigenvalue weighted by Crippen LogP contribution is 2.48. The van der Waals surface area contributed by atoms with Gasteiger partial charge in [0.1, 0.15) is 17.2 Å². The maximum absolute atomic E-state index is 16.0. The lowest BCUT2D eigenvalue weighted by Gasteiger charge is -2.25. The molecule has 0 spiro atoms. The van der Waals surface area contributed by atoms with Crippen molar-refractivity contribution in [1.82, 2.24) is 14.9 Å². The second-order valence-electron chi connectivity index (χ2n) is 10.5. The number of hydrogen-bond acceptors (Lipinski definition) is 7. The van der Waals surface area contributed by atoms with Crippen LogP contribution in [0.5, 0.6) is 5.75 Å². The van der Waals surface area contributed by atoms with Crippen molar-refractivity contribution < 1.29 is 18.7 Å². The van der Waals surface area contributed by atoms with Gasteiger partial charge in [-0.3, -0.25) is 0 Å². The van der Waals surface area contributed by atoms with Crippen LogP contribution in [0.1, 0.15) is 44.0 Å². The minimum atomic E-state index is -0.529. The molecule has 0 bridgehead atoms. The third kappa shape index (κ3) is 4.63. The number of carbonyl (C=O) groups excluding carboxylic acids is 1. The average molecular weight is 482 g/mol. The van der Waals surface area contributed by atoms with Gasteiger partial charge in [-0.25, -0.2) is 14.2 Å². The Morgan fingerprint density at radius 3 is 2.77 bits per heavy atom. The summed E-state index contributed by atoms with van der Waals surface area (Å²) in [5.41, 5.74) is 3.01. The summed E-state index contributed by atoms with van der Waals surface area (Å²) >= 11 is 0. The number of allylic oxidation sites excluding steroid dienone is 1. The minimum Gasteiger partial charge on any atom is -0.492 e. The number of halogens is 1. The van der Waals surface area contributed by atoms with Gasteiger partial charge in [0.05, 0.1) is 17.9 Å². The van der Waals surface area contributed by atoms with Crippen LogP contribution in [0.4, 0.5) is 26.6 Å². The fourth-order valence-electron chi connectivity index (χ4n) is 5.13. The lowest BCUT2D eigenvalue weighted by atomic mass is 9.96. The molecule has 1 aliphatic carbocycles. The first-order valence-corrected chi connectivity index (χ1v) is 12.1. The Kier molecular flexibility index (Phi) is 5.81. The Labute approximate surface area is 204 Å². The van der Waals surface area contributed by atoms with E-state index in [0.29, 0.717) is 54.9 Å². The number of aryl methyl sites for hydroxylation is 1. The molecule has 1 aromatic carbocycles. The van der Waals surface area contributed by atoms with Gasteiger partial charge in [0, 0.05) is 43.9 Å². The van der Waals surface area contributed by atoms with Crippen LogP contribution >= 0.6 is 0 Å². The summed E-state index contributed by atoms with van der Waals surface area (Å²) in [7, 11) is 1.78. The minimum absolute atomic E-state index is 0.170. The molecule has 1 amide bonds. The zero-order valence-corrected chi connectivity index (χ0v) is 20.9. The molecule has 2 aromatic rings. The predicted molar refractivity (Wildman–Crippen MR) is 133 cm³/mol. The zero-order valence-electron chi connectivity index (χ0n) is 20.9. The maximum Gasteiger partial charge on any atom is 0.410 e. The molecule has 2 atom stereocenters. The monoisotopic (exact) mass is 481 g/mol. The first kappa shape index (κ1) is 23.4. The number of anilines is 3. The highest BCUT2D eigenvalue weighted by Gasteiger charge is 2.41. The van der Waals surface area contributed by atoms with Crippen LogP contribution in [0.25, 0.3) is 5.57 Å². The van der Waals surface area contributed by atoms with Gasteiger partial charge in [0.2, 0.25) is 5.95 Å². The molecule has 1 saturated heterocycles. The standard InChI is InChI=1S/C26H32FN5O3/c1-14-8-20(28-5)31-24(29-14)30-19-11-15-6-7-34-23(15)21(22(19)27)16-9-17-12-32(13-18(17)10-16)25(33)35-26(2,3)4/h8-9,11,17-18H,6-7,10,12-13H2,1-5H3,(H2,28,29,30,31). The quantitative estimate of drug-likeness (QED) is 0.641. The van der Waals surface area contributed by atoms with E-state index in [1.807, 2.05) is 33.8 Å². The van der Waals surface area contributed by atoms with E-state index in [1.54, 1.807) is 18.0 Å². The van der Waals surface area contributed by atoms with Crippen LogP contribution in [0.2, 0.25) is 0 Å². The number of fused-ring (bicyclic) bond motifs is 2. The van der Waals surface area contributed by atoms with E-state index in [1.165, 1.54) is 0 Å². The van der Waals surface area contributed by atoms with E-state index in [0.717, 1.165) is 23.3 Å². The Balaban J connectivity index is 1.42. The fourth-order valence-corrected chi connectivity index (χ4v) is 5.13. The van der Waals surface area contributed by atoms with Crippen molar-refractivity contribution >= 4 is 29.1 Å². The summed E-state index contributed by atoms with van der Waals surface area (Å²) in [5, 5.41) is 6.09. The molecule has 35 heavy (non-hydrogen) atoms. The Morgan fingerprint density at radius 1 is 1.26 bits per heavy atom. The lowest BCUT2D eigenvalue weighted by molar-refractivity contribution is 0.0285. The highest BCUT2D eigenvalue weighted by atomic mass is 19.1. The van der Waals surface area contributed by atoms with Gasteiger partial charge in [0.25, 0.3) is 0 Å². The van der Waals surface area contributed by atoms with Gasteiger partial charge in [0.15, 0.2) is 5.82 Å². The first-order valence-electron chi connectivity index (χ1n) is 12.1. The van der Waals surface area contributed by atoms with E-state index in [9.17, 15) is 4.79 Å². The summed E-state index contributed by atoms with van der Waals surface area (Å²) in [5.74, 6) is 1.67.